The van der Waals surface area contributed by atoms with Crippen LogP contribution >= 0.6 is 0 Å². The fourth-order valence-corrected chi connectivity index (χ4v) is 4.35. The van der Waals surface area contributed by atoms with Crippen LogP contribution < -0.4 is 14.4 Å². The normalized spacial score (nSPS) is 10.8. The van der Waals surface area contributed by atoms with Crippen LogP contribution in [0.3, 0.4) is 0 Å². The number of nitrogens with zero attached hydrogens (tertiary/aromatic N) is 2. The molecule has 3 rings (SSSR count). The Morgan fingerprint density at radius 2 is 1.76 bits per heavy atom. The molecule has 0 aliphatic heterocycles. The highest BCUT2D eigenvalue weighted by atomic mass is 32.2. The van der Waals surface area contributed by atoms with Crippen LogP contribution in [0.1, 0.15) is 0 Å². The third-order valence-corrected chi connectivity index (χ3v) is 6.24. The first kappa shape index (κ1) is 23.5. The average molecular weight is 468 g/mol. The highest BCUT2D eigenvalue weighted by Gasteiger charge is 2.28. The molecule has 0 saturated carbocycles. The summed E-state index contributed by atoms with van der Waals surface area (Å²) in [7, 11) is -4.18. The SMILES string of the molecule is C=CCOc1ccc(NC(=O)CN(c2cccc([N+](=O)[O-])c2)S(=O)(=O)c2ccccc2)cc1. The number of rotatable bonds is 10. The minimum Gasteiger partial charge on any atom is -0.490 e. The van der Waals surface area contributed by atoms with Gasteiger partial charge in [-0.25, -0.2) is 8.42 Å². The van der Waals surface area contributed by atoms with Gasteiger partial charge in [-0.2, -0.15) is 0 Å². The molecule has 0 heterocycles. The number of carbonyl (C=O) groups is 1. The lowest BCUT2D eigenvalue weighted by Crippen LogP contribution is -2.38. The lowest BCUT2D eigenvalue weighted by molar-refractivity contribution is -0.384. The number of hydrogen-bond acceptors (Lipinski definition) is 6. The van der Waals surface area contributed by atoms with Crippen molar-refractivity contribution in [2.24, 2.45) is 0 Å². The maximum atomic E-state index is 13.3. The van der Waals surface area contributed by atoms with Crippen LogP contribution in [0.5, 0.6) is 5.75 Å². The third kappa shape index (κ3) is 5.95. The van der Waals surface area contributed by atoms with Gasteiger partial charge in [-0.3, -0.25) is 19.2 Å². The van der Waals surface area contributed by atoms with E-state index in [1.807, 2.05) is 0 Å². The van der Waals surface area contributed by atoms with E-state index in [9.17, 15) is 23.3 Å². The summed E-state index contributed by atoms with van der Waals surface area (Å²) in [5.74, 6) is -0.0430. The van der Waals surface area contributed by atoms with Gasteiger partial charge in [-0.1, -0.05) is 36.9 Å². The molecule has 3 aromatic carbocycles. The van der Waals surface area contributed by atoms with Crippen molar-refractivity contribution in [1.82, 2.24) is 0 Å². The Balaban J connectivity index is 1.88. The summed E-state index contributed by atoms with van der Waals surface area (Å²) in [6.45, 7) is 3.31. The molecule has 170 valence electrons. The summed E-state index contributed by atoms with van der Waals surface area (Å²) >= 11 is 0. The van der Waals surface area contributed by atoms with Gasteiger partial charge in [-0.05, 0) is 42.5 Å². The van der Waals surface area contributed by atoms with Gasteiger partial charge < -0.3 is 10.1 Å². The minimum atomic E-state index is -4.18. The van der Waals surface area contributed by atoms with Crippen LogP contribution in [0, 0.1) is 10.1 Å². The summed E-state index contributed by atoms with van der Waals surface area (Å²) < 4.78 is 32.8. The van der Waals surface area contributed by atoms with Gasteiger partial charge in [0.1, 0.15) is 18.9 Å². The van der Waals surface area contributed by atoms with Gasteiger partial charge in [0.2, 0.25) is 5.91 Å². The molecule has 9 nitrogen and oxygen atoms in total. The number of ether oxygens (including phenoxy) is 1. The topological polar surface area (TPSA) is 119 Å². The number of amides is 1. The van der Waals surface area contributed by atoms with Crippen molar-refractivity contribution in [3.63, 3.8) is 0 Å². The summed E-state index contributed by atoms with van der Waals surface area (Å²) in [4.78, 5) is 23.3. The zero-order valence-corrected chi connectivity index (χ0v) is 18.3. The first-order chi connectivity index (χ1) is 15.8. The van der Waals surface area contributed by atoms with Crippen molar-refractivity contribution in [3.05, 3.63) is 102 Å². The minimum absolute atomic E-state index is 0.00336. The molecule has 3 aromatic rings. The lowest BCUT2D eigenvalue weighted by Gasteiger charge is -2.24. The van der Waals surface area contributed by atoms with Crippen molar-refractivity contribution in [3.8, 4) is 5.75 Å². The summed E-state index contributed by atoms with van der Waals surface area (Å²) in [5, 5.41) is 13.8. The highest BCUT2D eigenvalue weighted by molar-refractivity contribution is 7.92. The molecule has 0 radical (unpaired) electrons. The number of benzene rings is 3. The number of sulfonamides is 1. The molecular weight excluding hydrogens is 446 g/mol. The van der Waals surface area contributed by atoms with Crippen molar-refractivity contribution < 1.29 is 22.9 Å². The standard InChI is InChI=1S/C23H21N3O6S/c1-2-15-32-21-13-11-18(12-14-21)24-23(27)17-25(19-7-6-8-20(16-19)26(28)29)33(30,31)22-9-4-3-5-10-22/h2-14,16H,1,15,17H2,(H,24,27). The predicted octanol–water partition coefficient (Wildman–Crippen LogP) is 3.99. The van der Waals surface area contributed by atoms with Crippen molar-refractivity contribution in [2.45, 2.75) is 4.90 Å². The highest BCUT2D eigenvalue weighted by Crippen LogP contribution is 2.27. The number of carbonyl (C=O) groups excluding carboxylic acids is 1. The Morgan fingerprint density at radius 3 is 2.39 bits per heavy atom. The van der Waals surface area contributed by atoms with Crippen molar-refractivity contribution in [1.29, 1.82) is 0 Å². The van der Waals surface area contributed by atoms with E-state index >= 15 is 0 Å². The molecule has 0 aromatic heterocycles. The van der Waals surface area contributed by atoms with Gasteiger partial charge in [0, 0.05) is 17.8 Å². The van der Waals surface area contributed by atoms with Gasteiger partial charge in [0.15, 0.2) is 0 Å². The number of nitrogens with one attached hydrogen (secondary N) is 1. The fraction of sp³-hybridized carbons (Fsp3) is 0.0870. The molecule has 0 bridgehead atoms. The third-order valence-electron chi connectivity index (χ3n) is 4.45. The smallest absolute Gasteiger partial charge is 0.271 e. The second kappa shape index (κ2) is 10.4. The van der Waals surface area contributed by atoms with Crippen LogP contribution in [0.4, 0.5) is 17.1 Å². The molecule has 0 atom stereocenters. The van der Waals surface area contributed by atoms with Crippen LogP contribution in [0.15, 0.2) is 96.4 Å². The maximum absolute atomic E-state index is 13.3. The van der Waals surface area contributed by atoms with E-state index in [1.165, 1.54) is 30.3 Å². The summed E-state index contributed by atoms with van der Waals surface area (Å²) in [6.07, 6.45) is 1.60. The average Bonchev–Trinajstić information content (AvgIpc) is 2.82. The maximum Gasteiger partial charge on any atom is 0.271 e. The zero-order valence-electron chi connectivity index (χ0n) is 17.5. The number of non-ortho nitro benzene ring substituents is 1. The molecule has 0 fully saturated rings. The first-order valence-electron chi connectivity index (χ1n) is 9.77. The Labute approximate surface area is 191 Å². The first-order valence-corrected chi connectivity index (χ1v) is 11.2. The van der Waals surface area contributed by atoms with Crippen molar-refractivity contribution >= 4 is 33.0 Å². The van der Waals surface area contributed by atoms with E-state index in [0.29, 0.717) is 18.0 Å². The van der Waals surface area contributed by atoms with E-state index in [4.69, 9.17) is 4.74 Å². The molecule has 10 heteroatoms. The molecule has 1 N–H and O–H groups in total. The van der Waals surface area contributed by atoms with Crippen molar-refractivity contribution in [2.75, 3.05) is 22.8 Å². The largest absolute Gasteiger partial charge is 0.490 e. The Bertz CT molecular complexity index is 1240. The quantitative estimate of drug-likeness (QED) is 0.274. The molecule has 33 heavy (non-hydrogen) atoms. The van der Waals surface area contributed by atoms with Gasteiger partial charge in [0.25, 0.3) is 15.7 Å². The van der Waals surface area contributed by atoms with E-state index in [1.54, 1.807) is 48.5 Å². The molecule has 0 aliphatic carbocycles. The van der Waals surface area contributed by atoms with Crippen LogP contribution in [-0.2, 0) is 14.8 Å². The zero-order chi connectivity index (χ0) is 23.8. The lowest BCUT2D eigenvalue weighted by atomic mass is 10.2. The molecular formula is C23H21N3O6S. The Morgan fingerprint density at radius 1 is 1.06 bits per heavy atom. The summed E-state index contributed by atoms with van der Waals surface area (Å²) in [5.41, 5.74) is 0.134. The van der Waals surface area contributed by atoms with Gasteiger partial charge in [-0.15, -0.1) is 0 Å². The Hall–Kier alpha value is -4.18. The van der Waals surface area contributed by atoms with Crippen LogP contribution in [-0.4, -0.2) is 32.4 Å². The Kier molecular flexibility index (Phi) is 7.42. The second-order valence-electron chi connectivity index (χ2n) is 6.77. The number of nitro benzene ring substituents is 1. The van der Waals surface area contributed by atoms with Crippen LogP contribution in [0.25, 0.3) is 0 Å². The predicted molar refractivity (Wildman–Crippen MR) is 125 cm³/mol. The molecule has 0 unspecified atom stereocenters. The van der Waals surface area contributed by atoms with E-state index in [-0.39, 0.29) is 16.3 Å². The van der Waals surface area contributed by atoms with E-state index in [0.717, 1.165) is 10.4 Å². The number of hydrogen-bond donors (Lipinski definition) is 1. The molecule has 0 spiro atoms. The monoisotopic (exact) mass is 467 g/mol. The summed E-state index contributed by atoms with van der Waals surface area (Å²) in [6, 6.07) is 19.2. The van der Waals surface area contributed by atoms with E-state index in [2.05, 4.69) is 11.9 Å². The second-order valence-corrected chi connectivity index (χ2v) is 8.64. The van der Waals surface area contributed by atoms with E-state index < -0.39 is 27.4 Å². The van der Waals surface area contributed by atoms with Gasteiger partial charge >= 0.3 is 0 Å². The number of anilines is 2. The molecule has 0 saturated heterocycles. The fourth-order valence-electron chi connectivity index (χ4n) is 2.92. The van der Waals surface area contributed by atoms with Crippen LogP contribution in [0.2, 0.25) is 0 Å². The molecule has 0 aliphatic rings. The molecule has 1 amide bonds. The number of nitro groups is 1. The van der Waals surface area contributed by atoms with Gasteiger partial charge in [0.05, 0.1) is 15.5 Å².